The predicted molar refractivity (Wildman–Crippen MR) is 70.3 cm³/mol. The Labute approximate surface area is 103 Å². The van der Waals surface area contributed by atoms with Crippen molar-refractivity contribution in [2.75, 3.05) is 24.5 Å². The average molecular weight is 234 g/mol. The minimum Gasteiger partial charge on any atom is -0.354 e. The van der Waals surface area contributed by atoms with Gasteiger partial charge in [-0.1, -0.05) is 20.3 Å². The van der Waals surface area contributed by atoms with E-state index in [0.29, 0.717) is 6.04 Å². The number of piperazine rings is 1. The van der Waals surface area contributed by atoms with Crippen LogP contribution >= 0.6 is 0 Å². The second-order valence-electron chi connectivity index (χ2n) is 4.61. The highest BCUT2D eigenvalue weighted by Crippen LogP contribution is 2.15. The summed E-state index contributed by atoms with van der Waals surface area (Å²) in [4.78, 5) is 11.0. The largest absolute Gasteiger partial charge is 0.354 e. The molecule has 0 radical (unpaired) electrons. The molecule has 0 amide bonds. The molecule has 0 bridgehead atoms. The van der Waals surface area contributed by atoms with Crippen LogP contribution in [0.15, 0.2) is 12.4 Å². The smallest absolute Gasteiger partial charge is 0.132 e. The first-order valence-corrected chi connectivity index (χ1v) is 6.62. The monoisotopic (exact) mass is 234 g/mol. The van der Waals surface area contributed by atoms with Crippen LogP contribution in [0.25, 0.3) is 0 Å². The van der Waals surface area contributed by atoms with Crippen molar-refractivity contribution in [3.8, 4) is 0 Å². The first-order valence-electron chi connectivity index (χ1n) is 6.62. The second kappa shape index (κ2) is 5.96. The lowest BCUT2D eigenvalue weighted by Crippen LogP contribution is -2.50. The number of nitrogens with one attached hydrogen (secondary N) is 1. The topological polar surface area (TPSA) is 41.1 Å². The highest BCUT2D eigenvalue weighted by molar-refractivity contribution is 5.39. The summed E-state index contributed by atoms with van der Waals surface area (Å²) in [7, 11) is 0. The fraction of sp³-hybridized carbons (Fsp3) is 0.692. The van der Waals surface area contributed by atoms with Gasteiger partial charge >= 0.3 is 0 Å². The minimum atomic E-state index is 0.605. The third-order valence-corrected chi connectivity index (χ3v) is 3.29. The van der Waals surface area contributed by atoms with E-state index in [4.69, 9.17) is 0 Å². The molecule has 1 atom stereocenters. The number of aromatic nitrogens is 2. The Balaban J connectivity index is 2.05. The third kappa shape index (κ3) is 3.16. The molecule has 1 N–H and O–H groups in total. The second-order valence-corrected chi connectivity index (χ2v) is 4.61. The summed E-state index contributed by atoms with van der Waals surface area (Å²) < 4.78 is 0. The van der Waals surface area contributed by atoms with Crippen molar-refractivity contribution in [1.29, 1.82) is 0 Å². The van der Waals surface area contributed by atoms with Gasteiger partial charge in [-0.2, -0.15) is 0 Å². The number of hydrogen-bond donors (Lipinski definition) is 1. The van der Waals surface area contributed by atoms with Crippen molar-refractivity contribution in [2.24, 2.45) is 0 Å². The van der Waals surface area contributed by atoms with Gasteiger partial charge in [0.25, 0.3) is 0 Å². The van der Waals surface area contributed by atoms with Crippen molar-refractivity contribution in [1.82, 2.24) is 15.3 Å². The standard InChI is InChI=1S/C13H22N4/c1-3-5-12-9-17(7-6-14-12)13-8-11(4-2)15-10-16-13/h8,10,12,14H,3-7,9H2,1-2H3/t12-/m0/s1. The van der Waals surface area contributed by atoms with E-state index >= 15 is 0 Å². The Hall–Kier alpha value is -1.16. The van der Waals surface area contributed by atoms with E-state index in [-0.39, 0.29) is 0 Å². The number of nitrogens with zero attached hydrogens (tertiary/aromatic N) is 3. The molecular formula is C13H22N4. The van der Waals surface area contributed by atoms with Crippen LogP contribution in [-0.4, -0.2) is 35.6 Å². The Morgan fingerprint density at radius 1 is 1.41 bits per heavy atom. The quantitative estimate of drug-likeness (QED) is 0.859. The average Bonchev–Trinajstić information content (AvgIpc) is 2.40. The summed E-state index contributed by atoms with van der Waals surface area (Å²) >= 11 is 0. The molecule has 0 saturated carbocycles. The van der Waals surface area contributed by atoms with Gasteiger partial charge in [-0.25, -0.2) is 9.97 Å². The molecule has 1 fully saturated rings. The van der Waals surface area contributed by atoms with Crippen LogP contribution in [0.5, 0.6) is 0 Å². The summed E-state index contributed by atoms with van der Waals surface area (Å²) in [5.74, 6) is 1.08. The van der Waals surface area contributed by atoms with Crippen molar-refractivity contribution < 1.29 is 0 Å². The van der Waals surface area contributed by atoms with E-state index in [1.54, 1.807) is 6.33 Å². The van der Waals surface area contributed by atoms with E-state index in [0.717, 1.165) is 37.6 Å². The summed E-state index contributed by atoms with van der Waals surface area (Å²) in [5.41, 5.74) is 1.13. The molecule has 0 aromatic carbocycles. The summed E-state index contributed by atoms with van der Waals surface area (Å²) in [6.45, 7) is 7.52. The van der Waals surface area contributed by atoms with Crippen molar-refractivity contribution in [2.45, 2.75) is 39.2 Å². The van der Waals surface area contributed by atoms with Crippen LogP contribution in [-0.2, 0) is 6.42 Å². The molecule has 0 unspecified atom stereocenters. The molecule has 2 rings (SSSR count). The maximum absolute atomic E-state index is 4.39. The van der Waals surface area contributed by atoms with Gasteiger partial charge in [0, 0.05) is 37.4 Å². The van der Waals surface area contributed by atoms with Gasteiger partial charge in [0.15, 0.2) is 0 Å². The van der Waals surface area contributed by atoms with Crippen molar-refractivity contribution in [3.63, 3.8) is 0 Å². The maximum atomic E-state index is 4.39. The Morgan fingerprint density at radius 2 is 2.29 bits per heavy atom. The molecule has 1 aromatic rings. The van der Waals surface area contributed by atoms with Gasteiger partial charge in [0.1, 0.15) is 12.1 Å². The van der Waals surface area contributed by atoms with Crippen molar-refractivity contribution in [3.05, 3.63) is 18.1 Å². The highest BCUT2D eigenvalue weighted by atomic mass is 15.2. The lowest BCUT2D eigenvalue weighted by Gasteiger charge is -2.34. The maximum Gasteiger partial charge on any atom is 0.132 e. The molecule has 1 aliphatic heterocycles. The normalized spacial score (nSPS) is 20.6. The number of hydrogen-bond acceptors (Lipinski definition) is 4. The zero-order valence-corrected chi connectivity index (χ0v) is 10.8. The first kappa shape index (κ1) is 12.3. The molecule has 94 valence electrons. The van der Waals surface area contributed by atoms with E-state index in [9.17, 15) is 0 Å². The van der Waals surface area contributed by atoms with E-state index in [1.807, 2.05) is 0 Å². The number of rotatable bonds is 4. The van der Waals surface area contributed by atoms with Gasteiger partial charge in [-0.3, -0.25) is 0 Å². The van der Waals surface area contributed by atoms with Crippen LogP contribution in [0.1, 0.15) is 32.4 Å². The molecule has 1 aromatic heterocycles. The van der Waals surface area contributed by atoms with E-state index in [1.165, 1.54) is 12.8 Å². The summed E-state index contributed by atoms with van der Waals surface area (Å²) in [6, 6.07) is 2.72. The van der Waals surface area contributed by atoms with Crippen LogP contribution in [0, 0.1) is 0 Å². The SMILES string of the molecule is CCC[C@H]1CN(c2cc(CC)ncn2)CCN1. The van der Waals surface area contributed by atoms with Crippen molar-refractivity contribution >= 4 is 5.82 Å². The molecule has 17 heavy (non-hydrogen) atoms. The zero-order chi connectivity index (χ0) is 12.1. The van der Waals surface area contributed by atoms with E-state index < -0.39 is 0 Å². The Kier molecular flexibility index (Phi) is 4.31. The van der Waals surface area contributed by atoms with Gasteiger partial charge in [-0.05, 0) is 12.8 Å². The van der Waals surface area contributed by atoms with E-state index in [2.05, 4.69) is 40.1 Å². The lowest BCUT2D eigenvalue weighted by molar-refractivity contribution is 0.429. The van der Waals surface area contributed by atoms with Crippen LogP contribution in [0.4, 0.5) is 5.82 Å². The van der Waals surface area contributed by atoms with Gasteiger partial charge in [0.2, 0.25) is 0 Å². The molecular weight excluding hydrogens is 212 g/mol. The van der Waals surface area contributed by atoms with Gasteiger partial charge in [-0.15, -0.1) is 0 Å². The Bertz CT molecular complexity index is 351. The summed E-state index contributed by atoms with van der Waals surface area (Å²) in [5, 5.41) is 3.56. The molecule has 1 aliphatic rings. The van der Waals surface area contributed by atoms with Crippen LogP contribution in [0.3, 0.4) is 0 Å². The van der Waals surface area contributed by atoms with Crippen LogP contribution < -0.4 is 10.2 Å². The molecule has 4 nitrogen and oxygen atoms in total. The van der Waals surface area contributed by atoms with Crippen LogP contribution in [0.2, 0.25) is 0 Å². The molecule has 0 aliphatic carbocycles. The highest BCUT2D eigenvalue weighted by Gasteiger charge is 2.19. The number of anilines is 1. The van der Waals surface area contributed by atoms with Gasteiger partial charge in [0.05, 0.1) is 0 Å². The molecule has 1 saturated heterocycles. The van der Waals surface area contributed by atoms with Gasteiger partial charge < -0.3 is 10.2 Å². The third-order valence-electron chi connectivity index (χ3n) is 3.29. The fourth-order valence-electron chi connectivity index (χ4n) is 2.33. The molecule has 2 heterocycles. The predicted octanol–water partition coefficient (Wildman–Crippen LogP) is 1.62. The fourth-order valence-corrected chi connectivity index (χ4v) is 2.33. The Morgan fingerprint density at radius 3 is 3.06 bits per heavy atom. The number of aryl methyl sites for hydroxylation is 1. The lowest BCUT2D eigenvalue weighted by atomic mass is 10.1. The minimum absolute atomic E-state index is 0.605. The summed E-state index contributed by atoms with van der Waals surface area (Å²) in [6.07, 6.45) is 5.13. The molecule has 0 spiro atoms. The zero-order valence-electron chi connectivity index (χ0n) is 10.8. The first-order chi connectivity index (χ1) is 8.33. The molecule has 4 heteroatoms.